The Kier molecular flexibility index (Phi) is 2.85. The molecule has 24 heavy (non-hydrogen) atoms. The number of aromatic amines is 1. The van der Waals surface area contributed by atoms with Crippen molar-refractivity contribution in [2.45, 2.75) is 6.42 Å². The Balaban J connectivity index is 1.50. The first-order valence-corrected chi connectivity index (χ1v) is 8.13. The lowest BCUT2D eigenvalue weighted by Crippen LogP contribution is -1.99. The number of hydrogen-bond acceptors (Lipinski definition) is 7. The Morgan fingerprint density at radius 1 is 1.17 bits per heavy atom. The van der Waals surface area contributed by atoms with Crippen LogP contribution in [0.1, 0.15) is 11.4 Å². The Bertz CT molecular complexity index is 1140. The van der Waals surface area contributed by atoms with Crippen molar-refractivity contribution in [1.82, 2.24) is 40.1 Å². The molecule has 0 spiro atoms. The molecule has 8 nitrogen and oxygen atoms in total. The van der Waals surface area contributed by atoms with Gasteiger partial charge < -0.3 is 4.98 Å². The van der Waals surface area contributed by atoms with Gasteiger partial charge in [-0.25, -0.2) is 15.0 Å². The normalized spacial score (nSPS) is 11.5. The van der Waals surface area contributed by atoms with E-state index in [1.807, 2.05) is 17.6 Å². The van der Waals surface area contributed by atoms with E-state index in [2.05, 4.69) is 47.5 Å². The summed E-state index contributed by atoms with van der Waals surface area (Å²) in [4.78, 5) is 18.0. The number of benzene rings is 1. The zero-order valence-electron chi connectivity index (χ0n) is 12.3. The van der Waals surface area contributed by atoms with E-state index >= 15 is 0 Å². The molecule has 0 radical (unpaired) electrons. The molecule has 4 aromatic heterocycles. The van der Waals surface area contributed by atoms with E-state index in [1.54, 1.807) is 17.5 Å². The number of H-pyrrole nitrogens is 1. The number of pyridine rings is 1. The molecule has 0 saturated heterocycles. The highest BCUT2D eigenvalue weighted by Gasteiger charge is 2.08. The summed E-state index contributed by atoms with van der Waals surface area (Å²) in [5, 5.41) is 11.6. The smallest absolute Gasteiger partial charge is 0.177 e. The summed E-state index contributed by atoms with van der Waals surface area (Å²) >= 11 is 1.64. The quantitative estimate of drug-likeness (QED) is 0.543. The number of nitrogens with zero attached hydrogens (tertiary/aromatic N) is 7. The van der Waals surface area contributed by atoms with E-state index < -0.39 is 0 Å². The second-order valence-corrected chi connectivity index (χ2v) is 6.19. The van der Waals surface area contributed by atoms with Gasteiger partial charge in [0.15, 0.2) is 12.0 Å². The molecule has 0 fully saturated rings. The van der Waals surface area contributed by atoms with Crippen LogP contribution >= 0.6 is 11.3 Å². The lowest BCUT2D eigenvalue weighted by atomic mass is 10.1. The number of imidazole rings is 1. The first-order chi connectivity index (χ1) is 11.8. The van der Waals surface area contributed by atoms with E-state index in [4.69, 9.17) is 0 Å². The number of rotatable bonds is 3. The fourth-order valence-corrected chi connectivity index (χ4v) is 3.36. The van der Waals surface area contributed by atoms with E-state index in [-0.39, 0.29) is 0 Å². The molecule has 0 aliphatic carbocycles. The monoisotopic (exact) mass is 334 g/mol. The molecule has 0 aliphatic rings. The van der Waals surface area contributed by atoms with Gasteiger partial charge >= 0.3 is 0 Å². The van der Waals surface area contributed by atoms with Gasteiger partial charge in [-0.15, -0.1) is 26.3 Å². The fraction of sp³-hybridized carbons (Fsp3) is 0.0667. The van der Waals surface area contributed by atoms with E-state index in [1.165, 1.54) is 21.4 Å². The highest BCUT2D eigenvalue weighted by Crippen LogP contribution is 2.21. The highest BCUT2D eigenvalue weighted by atomic mass is 32.1. The van der Waals surface area contributed by atoms with Gasteiger partial charge in [0.25, 0.3) is 0 Å². The Morgan fingerprint density at radius 2 is 2.17 bits per heavy atom. The molecule has 0 amide bonds. The van der Waals surface area contributed by atoms with Gasteiger partial charge in [0.2, 0.25) is 0 Å². The molecule has 0 aliphatic heterocycles. The summed E-state index contributed by atoms with van der Waals surface area (Å²) in [5.41, 5.74) is 6.33. The zero-order valence-corrected chi connectivity index (χ0v) is 13.1. The van der Waals surface area contributed by atoms with Crippen LogP contribution in [0.5, 0.6) is 0 Å². The largest absolute Gasteiger partial charge is 0.340 e. The Labute approximate surface area is 139 Å². The highest BCUT2D eigenvalue weighted by molar-refractivity contribution is 7.16. The van der Waals surface area contributed by atoms with Crippen LogP contribution in [-0.4, -0.2) is 40.1 Å². The van der Waals surface area contributed by atoms with Crippen molar-refractivity contribution in [2.75, 3.05) is 0 Å². The van der Waals surface area contributed by atoms with Crippen LogP contribution in [0.15, 0.2) is 42.3 Å². The maximum atomic E-state index is 4.55. The second kappa shape index (κ2) is 5.17. The molecule has 0 saturated carbocycles. The summed E-state index contributed by atoms with van der Waals surface area (Å²) < 4.78 is 1.18. The second-order valence-electron chi connectivity index (χ2n) is 5.30. The Morgan fingerprint density at radius 3 is 3.08 bits per heavy atom. The minimum Gasteiger partial charge on any atom is -0.340 e. The third kappa shape index (κ3) is 2.22. The molecular weight excluding hydrogens is 324 g/mol. The van der Waals surface area contributed by atoms with E-state index in [0.717, 1.165) is 22.5 Å². The van der Waals surface area contributed by atoms with Gasteiger partial charge in [-0.2, -0.15) is 0 Å². The summed E-state index contributed by atoms with van der Waals surface area (Å²) in [7, 11) is 0. The molecule has 0 unspecified atom stereocenters. The minimum atomic E-state index is 0.674. The first-order valence-electron chi connectivity index (χ1n) is 7.25. The van der Waals surface area contributed by atoms with Crippen molar-refractivity contribution in [1.29, 1.82) is 0 Å². The fourth-order valence-electron chi connectivity index (χ4n) is 2.62. The van der Waals surface area contributed by atoms with Crippen LogP contribution in [0.2, 0.25) is 0 Å². The van der Waals surface area contributed by atoms with Gasteiger partial charge in [0, 0.05) is 6.42 Å². The number of tetrazole rings is 1. The Hall–Kier alpha value is -3.20. The SMILES string of the molecule is c1nnn(-c2cnc3nc(Cc4ccc5ncsc5c4)[nH]c3c2)n1. The summed E-state index contributed by atoms with van der Waals surface area (Å²) in [6.07, 6.45) is 3.78. The standard InChI is InChI=1S/C15H10N8S/c1-2-11-13(24-8-17-11)3-9(1)4-14-20-12-5-10(6-16-15(12)21-14)23-19-7-18-22-23/h1-3,5-8H,4H2,(H,16,20,21). The van der Waals surface area contributed by atoms with Gasteiger partial charge in [-0.3, -0.25) is 0 Å². The van der Waals surface area contributed by atoms with Gasteiger partial charge in [-0.1, -0.05) is 6.07 Å². The number of nitrogens with one attached hydrogen (secondary N) is 1. The average Bonchev–Trinajstić information content (AvgIpc) is 3.33. The summed E-state index contributed by atoms with van der Waals surface area (Å²) in [6, 6.07) is 8.18. The molecule has 0 atom stereocenters. The van der Waals surface area contributed by atoms with E-state index in [0.29, 0.717) is 12.1 Å². The molecule has 9 heteroatoms. The lowest BCUT2D eigenvalue weighted by molar-refractivity contribution is 0.718. The van der Waals surface area contributed by atoms with Crippen LogP contribution in [0, 0.1) is 0 Å². The minimum absolute atomic E-state index is 0.674. The number of fused-ring (bicyclic) bond motifs is 2. The van der Waals surface area contributed by atoms with Gasteiger partial charge in [0.05, 0.1) is 27.4 Å². The predicted octanol–water partition coefficient (Wildman–Crippen LogP) is 2.13. The summed E-state index contributed by atoms with van der Waals surface area (Å²) in [5.74, 6) is 0.866. The van der Waals surface area contributed by atoms with Crippen molar-refractivity contribution >= 4 is 32.7 Å². The van der Waals surface area contributed by atoms with Gasteiger partial charge in [0.1, 0.15) is 11.5 Å². The first kappa shape index (κ1) is 13.3. The summed E-state index contributed by atoms with van der Waals surface area (Å²) in [6.45, 7) is 0. The maximum Gasteiger partial charge on any atom is 0.177 e. The molecule has 4 heterocycles. The van der Waals surface area contributed by atoms with Crippen LogP contribution < -0.4 is 0 Å². The molecule has 1 N–H and O–H groups in total. The zero-order chi connectivity index (χ0) is 15.9. The molecule has 5 aromatic rings. The molecule has 1 aromatic carbocycles. The topological polar surface area (TPSA) is 98.1 Å². The lowest BCUT2D eigenvalue weighted by Gasteiger charge is -1.98. The van der Waals surface area contributed by atoms with Crippen molar-refractivity contribution < 1.29 is 0 Å². The third-order valence-electron chi connectivity index (χ3n) is 3.72. The number of hydrogen-bond donors (Lipinski definition) is 1. The maximum absolute atomic E-state index is 4.55. The molecular formula is C15H10N8S. The van der Waals surface area contributed by atoms with Crippen LogP contribution in [0.4, 0.5) is 0 Å². The average molecular weight is 334 g/mol. The number of aromatic nitrogens is 8. The van der Waals surface area contributed by atoms with Gasteiger partial charge in [-0.05, 0) is 29.0 Å². The van der Waals surface area contributed by atoms with Crippen LogP contribution in [-0.2, 0) is 6.42 Å². The molecule has 116 valence electrons. The third-order valence-corrected chi connectivity index (χ3v) is 4.51. The van der Waals surface area contributed by atoms with E-state index in [9.17, 15) is 0 Å². The van der Waals surface area contributed by atoms with Crippen LogP contribution in [0.25, 0.3) is 27.1 Å². The van der Waals surface area contributed by atoms with Crippen molar-refractivity contribution in [3.63, 3.8) is 0 Å². The van der Waals surface area contributed by atoms with Crippen molar-refractivity contribution in [3.05, 3.63) is 53.7 Å². The van der Waals surface area contributed by atoms with Crippen molar-refractivity contribution in [2.24, 2.45) is 0 Å². The van der Waals surface area contributed by atoms with Crippen molar-refractivity contribution in [3.8, 4) is 5.69 Å². The number of thiazole rings is 1. The predicted molar refractivity (Wildman–Crippen MR) is 89.0 cm³/mol. The van der Waals surface area contributed by atoms with Crippen LogP contribution in [0.3, 0.4) is 0 Å². The molecule has 0 bridgehead atoms. The molecule has 5 rings (SSSR count).